The molecule has 1 unspecified atom stereocenters. The van der Waals surface area contributed by atoms with Crippen molar-refractivity contribution in [1.29, 1.82) is 0 Å². The number of likely N-dealkylation sites (tertiary alicyclic amines) is 2. The summed E-state index contributed by atoms with van der Waals surface area (Å²) in [5.74, 6) is 0.158. The maximum absolute atomic E-state index is 12.8. The highest BCUT2D eigenvalue weighted by Crippen LogP contribution is 2.23. The Hall–Kier alpha value is -1.79. The zero-order valence-corrected chi connectivity index (χ0v) is 16.3. The van der Waals surface area contributed by atoms with Crippen LogP contribution >= 0.6 is 0 Å². The minimum absolute atomic E-state index is 0.0210. The molecule has 7 nitrogen and oxygen atoms in total. The van der Waals surface area contributed by atoms with Crippen molar-refractivity contribution in [2.24, 2.45) is 11.8 Å². The van der Waals surface area contributed by atoms with Crippen molar-refractivity contribution in [3.8, 4) is 0 Å². The zero-order chi connectivity index (χ0) is 19.1. The van der Waals surface area contributed by atoms with Gasteiger partial charge in [-0.3, -0.25) is 9.59 Å². The van der Waals surface area contributed by atoms with Crippen LogP contribution in [-0.2, 0) is 14.3 Å². The van der Waals surface area contributed by atoms with E-state index in [4.69, 9.17) is 4.74 Å². The standard InChI is InChI=1S/C19H33N3O4/c1-4-26-19(25)20-16(14(2)3)18(24)22-12-8-15(9-13-22)17(23)21-10-6-5-7-11-21/h14-16H,4-13H2,1-3H3,(H,20,25). The van der Waals surface area contributed by atoms with Crippen LogP contribution in [0.3, 0.4) is 0 Å². The van der Waals surface area contributed by atoms with E-state index in [1.165, 1.54) is 6.42 Å². The number of rotatable bonds is 5. The van der Waals surface area contributed by atoms with Gasteiger partial charge in [0.05, 0.1) is 6.61 Å². The lowest BCUT2D eigenvalue weighted by Crippen LogP contribution is -2.54. The lowest BCUT2D eigenvalue weighted by atomic mass is 9.93. The molecule has 26 heavy (non-hydrogen) atoms. The molecule has 7 heteroatoms. The Morgan fingerprint density at radius 3 is 2.15 bits per heavy atom. The average molecular weight is 367 g/mol. The normalized spacial score (nSPS) is 20.0. The number of carbonyl (C=O) groups is 3. The van der Waals surface area contributed by atoms with Crippen LogP contribution in [0.25, 0.3) is 0 Å². The molecule has 0 radical (unpaired) electrons. The number of nitrogens with one attached hydrogen (secondary N) is 1. The summed E-state index contributed by atoms with van der Waals surface area (Å²) in [4.78, 5) is 40.9. The molecule has 3 amide bonds. The number of nitrogens with zero attached hydrogens (tertiary/aromatic N) is 2. The first-order valence-corrected chi connectivity index (χ1v) is 9.94. The molecule has 2 saturated heterocycles. The van der Waals surface area contributed by atoms with E-state index in [-0.39, 0.29) is 30.3 Å². The van der Waals surface area contributed by atoms with E-state index in [0.29, 0.717) is 25.9 Å². The highest BCUT2D eigenvalue weighted by molar-refractivity contribution is 5.86. The first kappa shape index (κ1) is 20.5. The topological polar surface area (TPSA) is 79.0 Å². The zero-order valence-electron chi connectivity index (χ0n) is 16.3. The smallest absolute Gasteiger partial charge is 0.407 e. The fourth-order valence-electron chi connectivity index (χ4n) is 3.73. The molecule has 1 atom stereocenters. The van der Waals surface area contributed by atoms with E-state index in [1.807, 2.05) is 18.7 Å². The number of hydrogen-bond acceptors (Lipinski definition) is 4. The number of hydrogen-bond donors (Lipinski definition) is 1. The summed E-state index contributed by atoms with van der Waals surface area (Å²) in [6, 6.07) is -0.594. The molecular formula is C19H33N3O4. The van der Waals surface area contributed by atoms with E-state index in [9.17, 15) is 14.4 Å². The van der Waals surface area contributed by atoms with Crippen LogP contribution in [0.2, 0.25) is 0 Å². The summed E-state index contributed by atoms with van der Waals surface area (Å²) in [7, 11) is 0. The number of piperidine rings is 2. The Labute approximate surface area is 156 Å². The number of alkyl carbamates (subject to hydrolysis) is 1. The molecule has 0 saturated carbocycles. The van der Waals surface area contributed by atoms with Gasteiger partial charge >= 0.3 is 6.09 Å². The van der Waals surface area contributed by atoms with Gasteiger partial charge in [-0.15, -0.1) is 0 Å². The number of ether oxygens (including phenoxy) is 1. The summed E-state index contributed by atoms with van der Waals surface area (Å²) in [5, 5.41) is 2.67. The van der Waals surface area contributed by atoms with E-state index < -0.39 is 12.1 Å². The summed E-state index contributed by atoms with van der Waals surface area (Å²) in [6.45, 7) is 8.69. The number of amides is 3. The van der Waals surface area contributed by atoms with Gasteiger partial charge in [-0.05, 0) is 44.9 Å². The average Bonchev–Trinajstić information content (AvgIpc) is 2.66. The molecule has 2 heterocycles. The Kier molecular flexibility index (Phi) is 7.72. The minimum Gasteiger partial charge on any atom is -0.450 e. The second-order valence-electron chi connectivity index (χ2n) is 7.57. The van der Waals surface area contributed by atoms with Crippen LogP contribution in [0.5, 0.6) is 0 Å². The molecule has 2 aliphatic rings. The van der Waals surface area contributed by atoms with Gasteiger partial charge in [-0.1, -0.05) is 13.8 Å². The van der Waals surface area contributed by atoms with Crippen molar-refractivity contribution in [1.82, 2.24) is 15.1 Å². The van der Waals surface area contributed by atoms with Gasteiger partial charge in [-0.25, -0.2) is 4.79 Å². The van der Waals surface area contributed by atoms with E-state index in [0.717, 1.165) is 25.9 Å². The minimum atomic E-state index is -0.594. The predicted octanol–water partition coefficient (Wildman–Crippen LogP) is 2.01. The van der Waals surface area contributed by atoms with Crippen molar-refractivity contribution >= 4 is 17.9 Å². The van der Waals surface area contributed by atoms with Crippen molar-refractivity contribution in [2.45, 2.75) is 58.9 Å². The van der Waals surface area contributed by atoms with Crippen molar-refractivity contribution < 1.29 is 19.1 Å². The van der Waals surface area contributed by atoms with Gasteiger partial charge in [-0.2, -0.15) is 0 Å². The SMILES string of the molecule is CCOC(=O)NC(C(=O)N1CCC(C(=O)N2CCCCC2)CC1)C(C)C. The van der Waals surface area contributed by atoms with Crippen molar-refractivity contribution in [3.63, 3.8) is 0 Å². The largest absolute Gasteiger partial charge is 0.450 e. The third-order valence-corrected chi connectivity index (χ3v) is 5.31. The number of carbonyl (C=O) groups excluding carboxylic acids is 3. The molecule has 2 fully saturated rings. The first-order chi connectivity index (χ1) is 12.4. The van der Waals surface area contributed by atoms with Crippen molar-refractivity contribution in [2.75, 3.05) is 32.8 Å². The summed E-state index contributed by atoms with van der Waals surface area (Å²) in [6.07, 6.45) is 4.24. The second kappa shape index (κ2) is 9.78. The summed E-state index contributed by atoms with van der Waals surface area (Å²) >= 11 is 0. The fraction of sp³-hybridized carbons (Fsp3) is 0.842. The molecule has 0 aliphatic carbocycles. The van der Waals surface area contributed by atoms with Crippen LogP contribution in [0, 0.1) is 11.8 Å². The quantitative estimate of drug-likeness (QED) is 0.806. The molecule has 1 N–H and O–H groups in total. The van der Waals surface area contributed by atoms with Gasteiger partial charge in [0.15, 0.2) is 0 Å². The Balaban J connectivity index is 1.87. The Morgan fingerprint density at radius 2 is 1.62 bits per heavy atom. The van der Waals surface area contributed by atoms with Gasteiger partial charge in [0, 0.05) is 32.1 Å². The molecule has 0 spiro atoms. The highest BCUT2D eigenvalue weighted by Gasteiger charge is 2.34. The monoisotopic (exact) mass is 367 g/mol. The van der Waals surface area contributed by atoms with E-state index in [1.54, 1.807) is 11.8 Å². The van der Waals surface area contributed by atoms with Crippen LogP contribution in [0.15, 0.2) is 0 Å². The summed E-state index contributed by atoms with van der Waals surface area (Å²) in [5.41, 5.74) is 0. The lowest BCUT2D eigenvalue weighted by molar-refractivity contribution is -0.142. The van der Waals surface area contributed by atoms with Gasteiger partial charge in [0.25, 0.3) is 0 Å². The molecule has 2 rings (SSSR count). The molecular weight excluding hydrogens is 334 g/mol. The van der Waals surface area contributed by atoms with Crippen LogP contribution in [0.4, 0.5) is 4.79 Å². The van der Waals surface area contributed by atoms with Gasteiger partial charge in [0.1, 0.15) is 6.04 Å². The molecule has 0 aromatic heterocycles. The highest BCUT2D eigenvalue weighted by atomic mass is 16.5. The van der Waals surface area contributed by atoms with E-state index >= 15 is 0 Å². The third kappa shape index (κ3) is 5.35. The molecule has 0 aromatic carbocycles. The maximum atomic E-state index is 12.8. The predicted molar refractivity (Wildman–Crippen MR) is 98.5 cm³/mol. The fourth-order valence-corrected chi connectivity index (χ4v) is 3.73. The Bertz CT molecular complexity index is 495. The molecule has 0 bridgehead atoms. The first-order valence-electron chi connectivity index (χ1n) is 9.94. The Morgan fingerprint density at radius 1 is 1.00 bits per heavy atom. The molecule has 148 valence electrons. The molecule has 2 aliphatic heterocycles. The van der Waals surface area contributed by atoms with Crippen LogP contribution in [0.1, 0.15) is 52.9 Å². The van der Waals surface area contributed by atoms with Gasteiger partial charge < -0.3 is 19.9 Å². The van der Waals surface area contributed by atoms with Crippen LogP contribution in [-0.4, -0.2) is 66.5 Å². The van der Waals surface area contributed by atoms with E-state index in [2.05, 4.69) is 5.32 Å². The second-order valence-corrected chi connectivity index (χ2v) is 7.57. The van der Waals surface area contributed by atoms with Crippen LogP contribution < -0.4 is 5.32 Å². The van der Waals surface area contributed by atoms with Gasteiger partial charge in [0.2, 0.25) is 11.8 Å². The lowest BCUT2D eigenvalue weighted by Gasteiger charge is -2.37. The molecule has 0 aromatic rings. The summed E-state index contributed by atoms with van der Waals surface area (Å²) < 4.78 is 4.90. The van der Waals surface area contributed by atoms with Crippen molar-refractivity contribution in [3.05, 3.63) is 0 Å². The third-order valence-electron chi connectivity index (χ3n) is 5.31. The maximum Gasteiger partial charge on any atom is 0.407 e.